The lowest BCUT2D eigenvalue weighted by atomic mass is 9.79. The number of nitrogens with zero attached hydrogens (tertiary/aromatic N) is 3. The van der Waals surface area contributed by atoms with Crippen molar-refractivity contribution >= 4 is 11.9 Å². The lowest BCUT2D eigenvalue weighted by Crippen LogP contribution is -2.53. The average molecular weight is 430 g/mol. The number of nitrogens with one attached hydrogen (secondary N) is 2. The molecule has 0 radical (unpaired) electrons. The van der Waals surface area contributed by atoms with Crippen LogP contribution in [0.4, 0.5) is 4.79 Å². The summed E-state index contributed by atoms with van der Waals surface area (Å²) in [5.74, 6) is -0.0812. The molecule has 3 amide bonds. The molecule has 3 aromatic rings. The third-order valence-electron chi connectivity index (χ3n) is 6.73. The molecule has 164 valence electrons. The van der Waals surface area contributed by atoms with Gasteiger partial charge in [0.2, 0.25) is 0 Å². The SMILES string of the molecule is CC1(C2CCN(Cc3cn(-c4ccccc4)nc3-c3ccccc3)CC2)NC(=O)NC1=O. The van der Waals surface area contributed by atoms with Gasteiger partial charge in [0, 0.05) is 23.9 Å². The first-order chi connectivity index (χ1) is 15.5. The molecule has 0 spiro atoms. The summed E-state index contributed by atoms with van der Waals surface area (Å²) in [6, 6.07) is 20.0. The minimum absolute atomic E-state index is 0.130. The van der Waals surface area contributed by atoms with Crippen molar-refractivity contribution in [2.24, 2.45) is 5.92 Å². The van der Waals surface area contributed by atoms with Gasteiger partial charge in [0.25, 0.3) is 5.91 Å². The van der Waals surface area contributed by atoms with Crippen molar-refractivity contribution in [3.63, 3.8) is 0 Å². The van der Waals surface area contributed by atoms with Gasteiger partial charge in [-0.3, -0.25) is 15.0 Å². The van der Waals surface area contributed by atoms with Crippen LogP contribution in [-0.4, -0.2) is 45.2 Å². The standard InChI is InChI=1S/C25H27N5O2/c1-25(23(31)26-24(32)27-25)20-12-14-29(15-13-20)16-19-17-30(21-10-6-3-7-11-21)28-22(19)18-8-4-2-5-9-18/h2-11,17,20H,12-16H2,1H3,(H2,26,27,31,32). The Morgan fingerprint density at radius 3 is 2.28 bits per heavy atom. The van der Waals surface area contributed by atoms with Crippen LogP contribution in [0.25, 0.3) is 16.9 Å². The molecule has 1 atom stereocenters. The highest BCUT2D eigenvalue weighted by molar-refractivity contribution is 6.06. The normalized spacial score (nSPS) is 22.0. The Balaban J connectivity index is 1.35. The predicted octanol–water partition coefficient (Wildman–Crippen LogP) is 3.35. The zero-order valence-corrected chi connectivity index (χ0v) is 18.1. The number of hydrogen-bond acceptors (Lipinski definition) is 4. The molecule has 7 heteroatoms. The van der Waals surface area contributed by atoms with Crippen LogP contribution in [0, 0.1) is 5.92 Å². The molecule has 2 aromatic carbocycles. The van der Waals surface area contributed by atoms with Crippen molar-refractivity contribution in [2.45, 2.75) is 31.8 Å². The number of rotatable bonds is 5. The van der Waals surface area contributed by atoms with Crippen molar-refractivity contribution < 1.29 is 9.59 Å². The topological polar surface area (TPSA) is 79.3 Å². The molecule has 2 aliphatic heterocycles. The van der Waals surface area contributed by atoms with E-state index in [1.165, 1.54) is 5.56 Å². The summed E-state index contributed by atoms with van der Waals surface area (Å²) in [6.07, 6.45) is 3.84. The Morgan fingerprint density at radius 1 is 1.00 bits per heavy atom. The summed E-state index contributed by atoms with van der Waals surface area (Å²) in [5.41, 5.74) is 3.49. The highest BCUT2D eigenvalue weighted by Gasteiger charge is 2.48. The average Bonchev–Trinajstić information content (AvgIpc) is 3.35. The first-order valence-electron chi connectivity index (χ1n) is 11.1. The first kappa shape index (κ1) is 20.5. The molecule has 2 N–H and O–H groups in total. The molecule has 5 rings (SSSR count). The summed E-state index contributed by atoms with van der Waals surface area (Å²) < 4.78 is 1.95. The van der Waals surface area contributed by atoms with Crippen LogP contribution in [0.5, 0.6) is 0 Å². The van der Waals surface area contributed by atoms with E-state index in [1.54, 1.807) is 0 Å². The predicted molar refractivity (Wildman–Crippen MR) is 122 cm³/mol. The van der Waals surface area contributed by atoms with E-state index in [2.05, 4.69) is 46.0 Å². The second-order valence-electron chi connectivity index (χ2n) is 8.81. The van der Waals surface area contributed by atoms with Gasteiger partial charge in [-0.2, -0.15) is 5.10 Å². The lowest BCUT2D eigenvalue weighted by molar-refractivity contribution is -0.125. The number of aromatic nitrogens is 2. The fraction of sp³-hybridized carbons (Fsp3) is 0.320. The van der Waals surface area contributed by atoms with Crippen LogP contribution >= 0.6 is 0 Å². The van der Waals surface area contributed by atoms with Gasteiger partial charge in [-0.1, -0.05) is 48.5 Å². The van der Waals surface area contributed by atoms with Crippen LogP contribution < -0.4 is 10.6 Å². The smallest absolute Gasteiger partial charge is 0.322 e. The number of carbonyl (C=O) groups is 2. The lowest BCUT2D eigenvalue weighted by Gasteiger charge is -2.38. The summed E-state index contributed by atoms with van der Waals surface area (Å²) in [5, 5.41) is 10.1. The Kier molecular flexibility index (Phi) is 5.27. The van der Waals surface area contributed by atoms with Gasteiger partial charge < -0.3 is 5.32 Å². The number of hydrogen-bond donors (Lipinski definition) is 2. The van der Waals surface area contributed by atoms with Crippen molar-refractivity contribution in [2.75, 3.05) is 13.1 Å². The molecule has 1 unspecified atom stereocenters. The van der Waals surface area contributed by atoms with E-state index < -0.39 is 5.54 Å². The zero-order valence-electron chi connectivity index (χ0n) is 18.1. The van der Waals surface area contributed by atoms with E-state index in [1.807, 2.05) is 48.0 Å². The van der Waals surface area contributed by atoms with Gasteiger partial charge in [-0.05, 0) is 50.9 Å². The summed E-state index contributed by atoms with van der Waals surface area (Å²) >= 11 is 0. The van der Waals surface area contributed by atoms with Gasteiger partial charge in [-0.15, -0.1) is 0 Å². The van der Waals surface area contributed by atoms with E-state index in [0.717, 1.165) is 49.4 Å². The minimum Gasteiger partial charge on any atom is -0.323 e. The molecule has 2 saturated heterocycles. The number of urea groups is 1. The van der Waals surface area contributed by atoms with Crippen molar-refractivity contribution in [1.29, 1.82) is 0 Å². The monoisotopic (exact) mass is 429 g/mol. The Bertz CT molecular complexity index is 1120. The second kappa shape index (κ2) is 8.24. The number of carbonyl (C=O) groups excluding carboxylic acids is 2. The molecule has 0 saturated carbocycles. The maximum atomic E-state index is 12.3. The number of benzene rings is 2. The fourth-order valence-electron chi connectivity index (χ4n) is 4.83. The zero-order chi connectivity index (χ0) is 22.1. The molecular formula is C25H27N5O2. The van der Waals surface area contributed by atoms with Crippen LogP contribution in [0.1, 0.15) is 25.3 Å². The van der Waals surface area contributed by atoms with E-state index in [4.69, 9.17) is 5.10 Å². The van der Waals surface area contributed by atoms with Crippen LogP contribution in [0.3, 0.4) is 0 Å². The quantitative estimate of drug-likeness (QED) is 0.610. The maximum Gasteiger partial charge on any atom is 0.322 e. The van der Waals surface area contributed by atoms with E-state index in [9.17, 15) is 9.59 Å². The molecule has 2 fully saturated rings. The summed E-state index contributed by atoms with van der Waals surface area (Å²) in [6.45, 7) is 4.37. The Hall–Kier alpha value is -3.45. The third kappa shape index (κ3) is 3.80. The number of para-hydroxylation sites is 1. The second-order valence-corrected chi connectivity index (χ2v) is 8.81. The molecule has 1 aromatic heterocycles. The molecule has 0 aliphatic carbocycles. The number of amides is 3. The highest BCUT2D eigenvalue weighted by atomic mass is 16.2. The Labute approximate surface area is 187 Å². The number of piperidine rings is 1. The van der Waals surface area contributed by atoms with Crippen LogP contribution in [-0.2, 0) is 11.3 Å². The van der Waals surface area contributed by atoms with Gasteiger partial charge in [0.1, 0.15) is 5.54 Å². The maximum absolute atomic E-state index is 12.3. The van der Waals surface area contributed by atoms with Gasteiger partial charge >= 0.3 is 6.03 Å². The molecule has 2 aliphatic rings. The van der Waals surface area contributed by atoms with Crippen molar-refractivity contribution in [1.82, 2.24) is 25.3 Å². The minimum atomic E-state index is -0.809. The third-order valence-corrected chi connectivity index (χ3v) is 6.73. The summed E-state index contributed by atoms with van der Waals surface area (Å²) in [4.78, 5) is 26.4. The highest BCUT2D eigenvalue weighted by Crippen LogP contribution is 2.32. The van der Waals surface area contributed by atoms with E-state index in [0.29, 0.717) is 0 Å². The number of imide groups is 1. The number of likely N-dealkylation sites (tertiary alicyclic amines) is 1. The van der Waals surface area contributed by atoms with E-state index in [-0.39, 0.29) is 17.9 Å². The molecule has 32 heavy (non-hydrogen) atoms. The first-order valence-corrected chi connectivity index (χ1v) is 11.1. The molecular weight excluding hydrogens is 402 g/mol. The van der Waals surface area contributed by atoms with E-state index >= 15 is 0 Å². The molecule has 3 heterocycles. The molecule has 0 bridgehead atoms. The fourth-order valence-corrected chi connectivity index (χ4v) is 4.83. The van der Waals surface area contributed by atoms with Crippen LogP contribution in [0.15, 0.2) is 66.9 Å². The Morgan fingerprint density at radius 2 is 1.66 bits per heavy atom. The van der Waals surface area contributed by atoms with Gasteiger partial charge in [-0.25, -0.2) is 9.48 Å². The molecule has 7 nitrogen and oxygen atoms in total. The van der Waals surface area contributed by atoms with Gasteiger partial charge in [0.15, 0.2) is 0 Å². The van der Waals surface area contributed by atoms with Gasteiger partial charge in [0.05, 0.1) is 11.4 Å². The van der Waals surface area contributed by atoms with Crippen LogP contribution in [0.2, 0.25) is 0 Å². The summed E-state index contributed by atoms with van der Waals surface area (Å²) in [7, 11) is 0. The largest absolute Gasteiger partial charge is 0.323 e. The van der Waals surface area contributed by atoms with Crippen molar-refractivity contribution in [3.05, 3.63) is 72.4 Å². The van der Waals surface area contributed by atoms with Crippen molar-refractivity contribution in [3.8, 4) is 16.9 Å².